The van der Waals surface area contributed by atoms with Gasteiger partial charge in [0.2, 0.25) is 0 Å². The van der Waals surface area contributed by atoms with Crippen LogP contribution >= 0.6 is 0 Å². The lowest BCUT2D eigenvalue weighted by atomic mass is 10.2. The first-order valence-electron chi connectivity index (χ1n) is 4.83. The van der Waals surface area contributed by atoms with Gasteiger partial charge in [-0.2, -0.15) is 0 Å². The van der Waals surface area contributed by atoms with E-state index in [0.29, 0.717) is 6.54 Å². The van der Waals surface area contributed by atoms with E-state index in [9.17, 15) is 4.79 Å². The summed E-state index contributed by atoms with van der Waals surface area (Å²) >= 11 is 0. The van der Waals surface area contributed by atoms with Crippen LogP contribution in [0.4, 0.5) is 0 Å². The van der Waals surface area contributed by atoms with Crippen molar-refractivity contribution in [3.8, 4) is 0 Å². The van der Waals surface area contributed by atoms with Crippen molar-refractivity contribution in [3.63, 3.8) is 0 Å². The van der Waals surface area contributed by atoms with Gasteiger partial charge in [0.25, 0.3) is 0 Å². The molecule has 0 saturated carbocycles. The molecule has 3 heteroatoms. The SMILES string of the molecule is COC(=O)C/C(C)=N/Cc1ccccc1. The van der Waals surface area contributed by atoms with Gasteiger partial charge in [0.05, 0.1) is 20.1 Å². The average Bonchev–Trinajstić information content (AvgIpc) is 2.27. The molecule has 1 aromatic carbocycles. The zero-order valence-electron chi connectivity index (χ0n) is 9.06. The van der Waals surface area contributed by atoms with Gasteiger partial charge >= 0.3 is 5.97 Å². The maximum absolute atomic E-state index is 10.9. The molecule has 0 spiro atoms. The molecule has 1 aromatic rings. The van der Waals surface area contributed by atoms with Crippen LogP contribution in [0.3, 0.4) is 0 Å². The number of ether oxygens (including phenoxy) is 1. The van der Waals surface area contributed by atoms with Crippen molar-refractivity contribution in [1.29, 1.82) is 0 Å². The molecule has 0 atom stereocenters. The lowest BCUT2D eigenvalue weighted by molar-refractivity contribution is -0.139. The number of hydrogen-bond donors (Lipinski definition) is 0. The lowest BCUT2D eigenvalue weighted by Crippen LogP contribution is -2.06. The van der Waals surface area contributed by atoms with Crippen LogP contribution in [0.1, 0.15) is 18.9 Å². The molecule has 0 amide bonds. The van der Waals surface area contributed by atoms with Crippen molar-refractivity contribution >= 4 is 11.7 Å². The number of nitrogens with zero attached hydrogens (tertiary/aromatic N) is 1. The molecule has 0 aliphatic heterocycles. The Balaban J connectivity index is 2.47. The zero-order valence-corrected chi connectivity index (χ0v) is 9.06. The fourth-order valence-electron chi connectivity index (χ4n) is 1.15. The van der Waals surface area contributed by atoms with E-state index in [1.807, 2.05) is 37.3 Å². The first-order chi connectivity index (χ1) is 7.22. The van der Waals surface area contributed by atoms with Gasteiger partial charge in [-0.15, -0.1) is 0 Å². The van der Waals surface area contributed by atoms with Crippen molar-refractivity contribution < 1.29 is 9.53 Å². The van der Waals surface area contributed by atoms with Crippen LogP contribution in [0.15, 0.2) is 35.3 Å². The Kier molecular flexibility index (Phi) is 4.54. The molecule has 0 unspecified atom stereocenters. The molecule has 15 heavy (non-hydrogen) atoms. The summed E-state index contributed by atoms with van der Waals surface area (Å²) in [6.07, 6.45) is 0.267. The smallest absolute Gasteiger partial charge is 0.311 e. The molecule has 0 radical (unpaired) electrons. The summed E-state index contributed by atoms with van der Waals surface area (Å²) in [6.45, 7) is 2.45. The summed E-state index contributed by atoms with van der Waals surface area (Å²) in [5.74, 6) is -0.246. The molecule has 80 valence electrons. The van der Waals surface area contributed by atoms with Gasteiger partial charge in [0.15, 0.2) is 0 Å². The van der Waals surface area contributed by atoms with E-state index in [0.717, 1.165) is 11.3 Å². The van der Waals surface area contributed by atoms with Gasteiger partial charge in [0, 0.05) is 5.71 Å². The van der Waals surface area contributed by atoms with Crippen LogP contribution in [-0.4, -0.2) is 18.8 Å². The number of aliphatic imine (C=N–C) groups is 1. The van der Waals surface area contributed by atoms with Crippen LogP contribution in [0, 0.1) is 0 Å². The predicted octanol–water partition coefficient (Wildman–Crippen LogP) is 2.21. The maximum Gasteiger partial charge on any atom is 0.311 e. The second-order valence-corrected chi connectivity index (χ2v) is 3.29. The van der Waals surface area contributed by atoms with Crippen LogP contribution in [0.25, 0.3) is 0 Å². The third kappa shape index (κ3) is 4.40. The minimum absolute atomic E-state index is 0.246. The molecular formula is C12H15NO2. The highest BCUT2D eigenvalue weighted by atomic mass is 16.5. The second-order valence-electron chi connectivity index (χ2n) is 3.29. The Morgan fingerprint density at radius 3 is 2.60 bits per heavy atom. The Bertz CT molecular complexity index is 344. The zero-order chi connectivity index (χ0) is 11.1. The molecule has 0 aliphatic carbocycles. The van der Waals surface area contributed by atoms with Crippen molar-refractivity contribution in [1.82, 2.24) is 0 Å². The molecule has 3 nitrogen and oxygen atoms in total. The molecule has 0 saturated heterocycles. The van der Waals surface area contributed by atoms with E-state index in [1.54, 1.807) is 0 Å². The monoisotopic (exact) mass is 205 g/mol. The number of hydrogen-bond acceptors (Lipinski definition) is 3. The normalized spacial score (nSPS) is 11.2. The molecule has 0 aromatic heterocycles. The number of rotatable bonds is 4. The van der Waals surface area contributed by atoms with Crippen LogP contribution in [0.2, 0.25) is 0 Å². The van der Waals surface area contributed by atoms with Crippen LogP contribution in [0.5, 0.6) is 0 Å². The van der Waals surface area contributed by atoms with Gasteiger partial charge in [-0.1, -0.05) is 30.3 Å². The van der Waals surface area contributed by atoms with Gasteiger partial charge in [-0.05, 0) is 12.5 Å². The van der Waals surface area contributed by atoms with E-state index >= 15 is 0 Å². The highest BCUT2D eigenvalue weighted by molar-refractivity contribution is 5.97. The summed E-state index contributed by atoms with van der Waals surface area (Å²) in [6, 6.07) is 9.93. The number of carbonyl (C=O) groups excluding carboxylic acids is 1. The fourth-order valence-corrected chi connectivity index (χ4v) is 1.15. The standard InChI is InChI=1S/C12H15NO2/c1-10(8-12(14)15-2)13-9-11-6-4-3-5-7-11/h3-7H,8-9H2,1-2H3/b13-10+. The Morgan fingerprint density at radius 2 is 2.00 bits per heavy atom. The molecule has 1 rings (SSSR count). The Hall–Kier alpha value is -1.64. The number of methoxy groups -OCH3 is 1. The minimum Gasteiger partial charge on any atom is -0.469 e. The largest absolute Gasteiger partial charge is 0.469 e. The fraction of sp³-hybridized carbons (Fsp3) is 0.333. The maximum atomic E-state index is 10.9. The molecule has 0 bridgehead atoms. The first-order valence-corrected chi connectivity index (χ1v) is 4.83. The summed E-state index contributed by atoms with van der Waals surface area (Å²) in [4.78, 5) is 15.2. The molecule has 0 heterocycles. The van der Waals surface area contributed by atoms with Crippen molar-refractivity contribution in [3.05, 3.63) is 35.9 Å². The second kappa shape index (κ2) is 5.96. The van der Waals surface area contributed by atoms with Crippen LogP contribution < -0.4 is 0 Å². The van der Waals surface area contributed by atoms with Crippen LogP contribution in [-0.2, 0) is 16.1 Å². The van der Waals surface area contributed by atoms with Crippen molar-refractivity contribution in [2.45, 2.75) is 19.9 Å². The Labute approximate surface area is 89.8 Å². The van der Waals surface area contributed by atoms with Gasteiger partial charge in [0.1, 0.15) is 0 Å². The molecule has 0 fully saturated rings. The number of benzene rings is 1. The third-order valence-corrected chi connectivity index (χ3v) is 2.00. The summed E-state index contributed by atoms with van der Waals surface area (Å²) in [5.41, 5.74) is 1.94. The highest BCUT2D eigenvalue weighted by Gasteiger charge is 2.01. The summed E-state index contributed by atoms with van der Waals surface area (Å²) in [7, 11) is 1.38. The lowest BCUT2D eigenvalue weighted by Gasteiger charge is -2.00. The van der Waals surface area contributed by atoms with Crippen molar-refractivity contribution in [2.75, 3.05) is 7.11 Å². The summed E-state index contributed by atoms with van der Waals surface area (Å²) < 4.78 is 4.55. The topological polar surface area (TPSA) is 38.7 Å². The van der Waals surface area contributed by atoms with E-state index < -0.39 is 0 Å². The average molecular weight is 205 g/mol. The third-order valence-electron chi connectivity index (χ3n) is 2.00. The van der Waals surface area contributed by atoms with E-state index in [-0.39, 0.29) is 12.4 Å². The van der Waals surface area contributed by atoms with E-state index in [1.165, 1.54) is 7.11 Å². The molecule has 0 N–H and O–H groups in total. The molecule has 0 aliphatic rings. The quantitative estimate of drug-likeness (QED) is 0.558. The first kappa shape index (κ1) is 11.4. The summed E-state index contributed by atoms with van der Waals surface area (Å²) in [5, 5.41) is 0. The number of carbonyl (C=O) groups is 1. The highest BCUT2D eigenvalue weighted by Crippen LogP contribution is 2.01. The van der Waals surface area contributed by atoms with E-state index in [2.05, 4.69) is 9.73 Å². The van der Waals surface area contributed by atoms with Gasteiger partial charge in [-0.25, -0.2) is 0 Å². The Morgan fingerprint density at radius 1 is 1.33 bits per heavy atom. The van der Waals surface area contributed by atoms with Crippen molar-refractivity contribution in [2.24, 2.45) is 4.99 Å². The predicted molar refractivity (Wildman–Crippen MR) is 59.9 cm³/mol. The van der Waals surface area contributed by atoms with Gasteiger partial charge in [-0.3, -0.25) is 9.79 Å². The molecular weight excluding hydrogens is 190 g/mol. The van der Waals surface area contributed by atoms with E-state index in [4.69, 9.17) is 0 Å². The van der Waals surface area contributed by atoms with Gasteiger partial charge < -0.3 is 4.74 Å². The number of esters is 1. The minimum atomic E-state index is -0.246.